The van der Waals surface area contributed by atoms with Gasteiger partial charge in [-0.3, -0.25) is 14.5 Å². The van der Waals surface area contributed by atoms with Gasteiger partial charge in [0.15, 0.2) is 0 Å². The van der Waals surface area contributed by atoms with Gasteiger partial charge in [-0.05, 0) is 42.9 Å². The highest BCUT2D eigenvalue weighted by molar-refractivity contribution is 6.31. The first kappa shape index (κ1) is 14.7. The number of H-pyrrole nitrogens is 1. The molecule has 1 aromatic heterocycles. The van der Waals surface area contributed by atoms with Gasteiger partial charge in [-0.15, -0.1) is 0 Å². The van der Waals surface area contributed by atoms with Gasteiger partial charge in [0, 0.05) is 29.4 Å². The van der Waals surface area contributed by atoms with Crippen LogP contribution < -0.4 is 0 Å². The summed E-state index contributed by atoms with van der Waals surface area (Å²) >= 11 is 0. The second kappa shape index (κ2) is 5.17. The van der Waals surface area contributed by atoms with Crippen LogP contribution in [0.2, 0.25) is 0 Å². The minimum absolute atomic E-state index is 0.0337. The monoisotopic (exact) mass is 334 g/mol. The lowest BCUT2D eigenvalue weighted by atomic mass is 9.94. The maximum Gasteiger partial charge on any atom is 0.262 e. The number of hydrogen-bond donors (Lipinski definition) is 2. The van der Waals surface area contributed by atoms with E-state index in [4.69, 9.17) is 5.11 Å². The van der Waals surface area contributed by atoms with Crippen molar-refractivity contribution in [1.29, 1.82) is 0 Å². The molecular formula is C20H18N2O3. The molecule has 2 aliphatic rings. The summed E-state index contributed by atoms with van der Waals surface area (Å²) in [4.78, 5) is 30.9. The lowest BCUT2D eigenvalue weighted by Crippen LogP contribution is -2.31. The molecule has 1 aliphatic heterocycles. The van der Waals surface area contributed by atoms with Gasteiger partial charge in [0.05, 0.1) is 16.6 Å². The average molecular weight is 334 g/mol. The van der Waals surface area contributed by atoms with E-state index in [9.17, 15) is 9.59 Å². The van der Waals surface area contributed by atoms with Gasteiger partial charge in [0.1, 0.15) is 0 Å². The molecule has 0 spiro atoms. The topological polar surface area (TPSA) is 73.4 Å². The maximum atomic E-state index is 13.1. The first-order valence-corrected chi connectivity index (χ1v) is 8.77. The smallest absolute Gasteiger partial charge is 0.262 e. The Morgan fingerprint density at radius 1 is 1.04 bits per heavy atom. The number of aromatic nitrogens is 1. The van der Waals surface area contributed by atoms with Crippen LogP contribution in [0, 0.1) is 0 Å². The zero-order valence-corrected chi connectivity index (χ0v) is 13.8. The van der Waals surface area contributed by atoms with E-state index in [-0.39, 0.29) is 25.0 Å². The van der Waals surface area contributed by atoms with E-state index in [0.717, 1.165) is 46.6 Å². The quantitative estimate of drug-likeness (QED) is 0.723. The Morgan fingerprint density at radius 2 is 1.80 bits per heavy atom. The molecule has 1 aliphatic carbocycles. The molecule has 3 aromatic rings. The van der Waals surface area contributed by atoms with Crippen molar-refractivity contribution in [3.8, 4) is 0 Å². The Hall–Kier alpha value is -2.66. The fourth-order valence-corrected chi connectivity index (χ4v) is 4.44. The number of rotatable bonds is 3. The maximum absolute atomic E-state index is 13.1. The van der Waals surface area contributed by atoms with Crippen LogP contribution in [-0.2, 0) is 12.8 Å². The fourth-order valence-electron chi connectivity index (χ4n) is 4.44. The molecule has 0 atom stereocenters. The van der Waals surface area contributed by atoms with E-state index >= 15 is 0 Å². The Bertz CT molecular complexity index is 1060. The van der Waals surface area contributed by atoms with Gasteiger partial charge in [0.2, 0.25) is 0 Å². The number of imide groups is 1. The van der Waals surface area contributed by atoms with Crippen LogP contribution in [0.5, 0.6) is 0 Å². The summed E-state index contributed by atoms with van der Waals surface area (Å²) < 4.78 is 0. The zero-order chi connectivity index (χ0) is 17.1. The van der Waals surface area contributed by atoms with Gasteiger partial charge >= 0.3 is 0 Å². The SMILES string of the molecule is O=C1c2c3c(c4[nH]c5ccccc5c4c2C(=O)N1CCCO)CCC3. The summed E-state index contributed by atoms with van der Waals surface area (Å²) in [6.45, 7) is 0.232. The predicted molar refractivity (Wildman–Crippen MR) is 94.9 cm³/mol. The summed E-state index contributed by atoms with van der Waals surface area (Å²) in [5.41, 5.74) is 5.39. The minimum atomic E-state index is -0.224. The van der Waals surface area contributed by atoms with Crippen LogP contribution in [0.25, 0.3) is 21.8 Å². The third-order valence-corrected chi connectivity index (χ3v) is 5.49. The van der Waals surface area contributed by atoms with Gasteiger partial charge in [-0.25, -0.2) is 0 Å². The van der Waals surface area contributed by atoms with Crippen molar-refractivity contribution in [2.75, 3.05) is 13.2 Å². The summed E-state index contributed by atoms with van der Waals surface area (Å²) in [5, 5.41) is 11.0. The number of benzene rings is 2. The molecule has 2 heterocycles. The highest BCUT2D eigenvalue weighted by atomic mass is 16.3. The number of carbonyl (C=O) groups excluding carboxylic acids is 2. The third kappa shape index (κ3) is 1.81. The highest BCUT2D eigenvalue weighted by Crippen LogP contribution is 2.42. The first-order valence-electron chi connectivity index (χ1n) is 8.77. The van der Waals surface area contributed by atoms with Crippen LogP contribution in [0.3, 0.4) is 0 Å². The Morgan fingerprint density at radius 3 is 2.64 bits per heavy atom. The molecule has 5 heteroatoms. The highest BCUT2D eigenvalue weighted by Gasteiger charge is 2.41. The number of aliphatic hydroxyl groups is 1. The number of fused-ring (bicyclic) bond motifs is 8. The molecule has 2 aromatic carbocycles. The summed E-state index contributed by atoms with van der Waals surface area (Å²) in [6.07, 6.45) is 3.19. The molecule has 0 bridgehead atoms. The van der Waals surface area contributed by atoms with Crippen molar-refractivity contribution in [3.05, 3.63) is 46.5 Å². The molecule has 0 unspecified atom stereocenters. The normalized spacial score (nSPS) is 16.3. The van der Waals surface area contributed by atoms with E-state index in [1.165, 1.54) is 10.5 Å². The second-order valence-corrected chi connectivity index (χ2v) is 6.82. The molecule has 0 radical (unpaired) electrons. The first-order chi connectivity index (χ1) is 12.2. The Balaban J connectivity index is 1.88. The van der Waals surface area contributed by atoms with Crippen LogP contribution in [0.1, 0.15) is 44.7 Å². The number of amides is 2. The van der Waals surface area contributed by atoms with E-state index in [1.54, 1.807) is 0 Å². The number of para-hydroxylation sites is 1. The van der Waals surface area contributed by atoms with Crippen molar-refractivity contribution in [3.63, 3.8) is 0 Å². The number of nitrogens with zero attached hydrogens (tertiary/aromatic N) is 1. The number of nitrogens with one attached hydrogen (secondary N) is 1. The summed E-state index contributed by atoms with van der Waals surface area (Å²) in [6, 6.07) is 7.94. The molecule has 2 N–H and O–H groups in total. The molecule has 0 saturated heterocycles. The van der Waals surface area contributed by atoms with E-state index in [0.29, 0.717) is 17.5 Å². The number of hydrogen-bond acceptors (Lipinski definition) is 3. The fraction of sp³-hybridized carbons (Fsp3) is 0.300. The van der Waals surface area contributed by atoms with Crippen LogP contribution in [0.15, 0.2) is 24.3 Å². The molecule has 5 rings (SSSR count). The van der Waals surface area contributed by atoms with Crippen molar-refractivity contribution >= 4 is 33.6 Å². The van der Waals surface area contributed by atoms with Gasteiger partial charge in [0.25, 0.3) is 11.8 Å². The predicted octanol–water partition coefficient (Wildman–Crippen LogP) is 2.79. The lowest BCUT2D eigenvalue weighted by Gasteiger charge is -2.12. The minimum Gasteiger partial charge on any atom is -0.396 e. The number of carbonyl (C=O) groups is 2. The van der Waals surface area contributed by atoms with Crippen molar-refractivity contribution in [2.24, 2.45) is 0 Å². The van der Waals surface area contributed by atoms with Crippen molar-refractivity contribution in [2.45, 2.75) is 25.7 Å². The largest absolute Gasteiger partial charge is 0.396 e. The van der Waals surface area contributed by atoms with E-state index < -0.39 is 0 Å². The molecule has 2 amide bonds. The van der Waals surface area contributed by atoms with E-state index in [1.807, 2.05) is 24.3 Å². The van der Waals surface area contributed by atoms with Crippen LogP contribution in [0.4, 0.5) is 0 Å². The van der Waals surface area contributed by atoms with Crippen LogP contribution in [-0.4, -0.2) is 40.0 Å². The molecule has 5 nitrogen and oxygen atoms in total. The van der Waals surface area contributed by atoms with Gasteiger partial charge in [-0.1, -0.05) is 18.2 Å². The summed E-state index contributed by atoms with van der Waals surface area (Å²) in [7, 11) is 0. The average Bonchev–Trinajstić information content (AvgIpc) is 3.29. The van der Waals surface area contributed by atoms with Gasteiger partial charge in [-0.2, -0.15) is 0 Å². The molecular weight excluding hydrogens is 316 g/mol. The lowest BCUT2D eigenvalue weighted by molar-refractivity contribution is 0.0645. The van der Waals surface area contributed by atoms with E-state index in [2.05, 4.69) is 4.98 Å². The van der Waals surface area contributed by atoms with Crippen molar-refractivity contribution < 1.29 is 14.7 Å². The number of aromatic amines is 1. The second-order valence-electron chi connectivity index (χ2n) is 6.82. The summed E-state index contributed by atoms with van der Waals surface area (Å²) in [5.74, 6) is -0.420. The van der Waals surface area contributed by atoms with Crippen molar-refractivity contribution in [1.82, 2.24) is 9.88 Å². The zero-order valence-electron chi connectivity index (χ0n) is 13.8. The Labute approximate surface area is 144 Å². The van der Waals surface area contributed by atoms with Gasteiger partial charge < -0.3 is 10.1 Å². The standard InChI is InChI=1S/C20H18N2O3/c23-10-4-9-22-19(24)16-11-6-3-7-12(11)18-15(17(16)20(22)25)13-5-1-2-8-14(13)21-18/h1-2,5,8,21,23H,3-4,6-7,9-10H2. The third-order valence-electron chi connectivity index (χ3n) is 5.49. The molecule has 126 valence electrons. The molecule has 25 heavy (non-hydrogen) atoms. The number of aliphatic hydroxyl groups excluding tert-OH is 1. The Kier molecular flexibility index (Phi) is 3.03. The van der Waals surface area contributed by atoms with Crippen LogP contribution >= 0.6 is 0 Å². The molecule has 0 fully saturated rings. The number of aryl methyl sites for hydroxylation is 1. The molecule has 0 saturated carbocycles.